The van der Waals surface area contributed by atoms with E-state index in [1.54, 1.807) is 6.07 Å². The van der Waals surface area contributed by atoms with Gasteiger partial charge in [0.1, 0.15) is 5.75 Å². The van der Waals surface area contributed by atoms with Crippen molar-refractivity contribution in [3.63, 3.8) is 0 Å². The molecule has 0 radical (unpaired) electrons. The molecule has 80 valence electrons. The number of hydrogen-bond acceptors (Lipinski definition) is 3. The summed E-state index contributed by atoms with van der Waals surface area (Å²) in [5, 5.41) is 21.6. The highest BCUT2D eigenvalue weighted by Crippen LogP contribution is 2.28. The van der Waals surface area contributed by atoms with Crippen molar-refractivity contribution in [3.05, 3.63) is 58.3 Å². The molecule has 0 heterocycles. The third-order valence-corrected chi connectivity index (χ3v) is 2.31. The highest BCUT2D eigenvalue weighted by Gasteiger charge is 2.04. The summed E-state index contributed by atoms with van der Waals surface area (Å²) in [5.74, 6) is 0.0387. The van der Waals surface area contributed by atoms with Gasteiger partial charge in [0.25, 0.3) is 0 Å². The molecule has 16 heavy (non-hydrogen) atoms. The predicted octanol–water partition coefficient (Wildman–Crippen LogP) is 2.79. The van der Waals surface area contributed by atoms with Crippen LogP contribution in [0.2, 0.25) is 0 Å². The third kappa shape index (κ3) is 1.86. The largest absolute Gasteiger partial charge is 0.507 e. The van der Waals surface area contributed by atoms with Gasteiger partial charge in [-0.15, -0.1) is 0 Å². The first-order valence-electron chi connectivity index (χ1n) is 4.71. The second kappa shape index (κ2) is 4.02. The Bertz CT molecular complexity index is 575. The number of rotatable bonds is 2. The van der Waals surface area contributed by atoms with Crippen LogP contribution in [-0.4, -0.2) is 10.0 Å². The second-order valence-corrected chi connectivity index (χ2v) is 3.32. The predicted molar refractivity (Wildman–Crippen MR) is 61.6 cm³/mol. The number of nitrogens with zero attached hydrogens (tertiary/aromatic N) is 1. The Morgan fingerprint density at radius 3 is 2.69 bits per heavy atom. The van der Waals surface area contributed by atoms with Crippen molar-refractivity contribution in [1.29, 1.82) is 0 Å². The van der Waals surface area contributed by atoms with Crippen LogP contribution in [0, 0.1) is 10.1 Å². The minimum absolute atomic E-state index is 0.0387. The van der Waals surface area contributed by atoms with Crippen LogP contribution in [0.25, 0.3) is 16.8 Å². The fourth-order valence-electron chi connectivity index (χ4n) is 1.59. The Balaban J connectivity index is 2.66. The van der Waals surface area contributed by atoms with E-state index < -0.39 is 4.92 Å². The summed E-state index contributed by atoms with van der Waals surface area (Å²) in [7, 11) is 0. The van der Waals surface area contributed by atoms with E-state index in [-0.39, 0.29) is 5.75 Å². The SMILES string of the molecule is O=[N+]([O-])C=Cc1c(O)ccc2ccccc12. The summed E-state index contributed by atoms with van der Waals surface area (Å²) in [6.07, 6.45) is 2.12. The zero-order valence-electron chi connectivity index (χ0n) is 8.33. The molecule has 0 bridgehead atoms. The van der Waals surface area contributed by atoms with Gasteiger partial charge in [-0.2, -0.15) is 0 Å². The fraction of sp³-hybridized carbons (Fsp3) is 0. The van der Waals surface area contributed by atoms with Gasteiger partial charge in [0, 0.05) is 11.6 Å². The lowest BCUT2D eigenvalue weighted by molar-refractivity contribution is -0.400. The lowest BCUT2D eigenvalue weighted by Gasteiger charge is -2.03. The van der Waals surface area contributed by atoms with Crippen LogP contribution in [0.3, 0.4) is 0 Å². The number of nitro groups is 1. The molecule has 2 aromatic carbocycles. The summed E-state index contributed by atoms with van der Waals surface area (Å²) < 4.78 is 0. The van der Waals surface area contributed by atoms with Gasteiger partial charge in [0.2, 0.25) is 6.20 Å². The van der Waals surface area contributed by atoms with Crippen molar-refractivity contribution in [2.45, 2.75) is 0 Å². The summed E-state index contributed by atoms with van der Waals surface area (Å²) in [6.45, 7) is 0. The zero-order valence-corrected chi connectivity index (χ0v) is 8.33. The van der Waals surface area contributed by atoms with Crippen molar-refractivity contribution in [2.24, 2.45) is 0 Å². The Morgan fingerprint density at radius 2 is 1.94 bits per heavy atom. The van der Waals surface area contributed by atoms with Gasteiger partial charge < -0.3 is 5.11 Å². The molecule has 0 amide bonds. The molecule has 0 aliphatic carbocycles. The van der Waals surface area contributed by atoms with E-state index in [9.17, 15) is 15.2 Å². The number of fused-ring (bicyclic) bond motifs is 1. The first kappa shape index (κ1) is 10.2. The molecule has 4 nitrogen and oxygen atoms in total. The summed E-state index contributed by atoms with van der Waals surface area (Å²) in [4.78, 5) is 9.70. The maximum Gasteiger partial charge on any atom is 0.235 e. The Morgan fingerprint density at radius 1 is 1.19 bits per heavy atom. The third-order valence-electron chi connectivity index (χ3n) is 2.31. The molecule has 2 rings (SSSR count). The summed E-state index contributed by atoms with van der Waals surface area (Å²) in [5.41, 5.74) is 0.467. The monoisotopic (exact) mass is 215 g/mol. The smallest absolute Gasteiger partial charge is 0.235 e. The fourth-order valence-corrected chi connectivity index (χ4v) is 1.59. The number of benzene rings is 2. The molecule has 2 aromatic rings. The van der Waals surface area contributed by atoms with Gasteiger partial charge in [-0.3, -0.25) is 10.1 Å². The number of hydrogen-bond donors (Lipinski definition) is 1. The van der Waals surface area contributed by atoms with E-state index >= 15 is 0 Å². The standard InChI is InChI=1S/C12H9NO3/c14-12-6-5-9-3-1-2-4-10(9)11(12)7-8-13(15)16/h1-8,14H. The first-order chi connectivity index (χ1) is 7.68. The van der Waals surface area contributed by atoms with E-state index in [0.717, 1.165) is 17.0 Å². The minimum atomic E-state index is -0.554. The molecule has 0 spiro atoms. The molecule has 0 atom stereocenters. The molecule has 0 saturated heterocycles. The molecule has 0 aliphatic rings. The number of phenols is 1. The summed E-state index contributed by atoms with van der Waals surface area (Å²) in [6, 6.07) is 10.7. The second-order valence-electron chi connectivity index (χ2n) is 3.32. The molecule has 0 saturated carbocycles. The molecule has 0 aromatic heterocycles. The quantitative estimate of drug-likeness (QED) is 0.618. The van der Waals surface area contributed by atoms with Crippen molar-refractivity contribution in [2.75, 3.05) is 0 Å². The van der Waals surface area contributed by atoms with E-state index in [1.165, 1.54) is 12.1 Å². The lowest BCUT2D eigenvalue weighted by atomic mass is 10.0. The average Bonchev–Trinajstić information content (AvgIpc) is 2.27. The maximum absolute atomic E-state index is 10.3. The highest BCUT2D eigenvalue weighted by molar-refractivity contribution is 5.92. The Hall–Kier alpha value is -2.36. The lowest BCUT2D eigenvalue weighted by Crippen LogP contribution is -1.84. The molecule has 0 aliphatic heterocycles. The molecular formula is C12H9NO3. The van der Waals surface area contributed by atoms with Gasteiger partial charge in [-0.1, -0.05) is 30.3 Å². The Labute approximate surface area is 91.6 Å². The summed E-state index contributed by atoms with van der Waals surface area (Å²) >= 11 is 0. The number of phenolic OH excluding ortho intramolecular Hbond substituents is 1. The van der Waals surface area contributed by atoms with E-state index in [2.05, 4.69) is 0 Å². The van der Waals surface area contributed by atoms with Crippen molar-refractivity contribution < 1.29 is 10.0 Å². The topological polar surface area (TPSA) is 63.4 Å². The Kier molecular flexibility index (Phi) is 2.55. The van der Waals surface area contributed by atoms with Gasteiger partial charge >= 0.3 is 0 Å². The van der Waals surface area contributed by atoms with Crippen molar-refractivity contribution >= 4 is 16.8 Å². The zero-order chi connectivity index (χ0) is 11.5. The van der Waals surface area contributed by atoms with E-state index in [4.69, 9.17) is 0 Å². The van der Waals surface area contributed by atoms with Gasteiger partial charge in [-0.05, 0) is 16.8 Å². The van der Waals surface area contributed by atoms with Crippen LogP contribution in [0.5, 0.6) is 5.75 Å². The normalized spacial score (nSPS) is 11.0. The van der Waals surface area contributed by atoms with E-state index in [1.807, 2.05) is 24.3 Å². The molecule has 0 fully saturated rings. The molecule has 1 N–H and O–H groups in total. The molecule has 4 heteroatoms. The van der Waals surface area contributed by atoms with Crippen molar-refractivity contribution in [3.8, 4) is 5.75 Å². The highest BCUT2D eigenvalue weighted by atomic mass is 16.6. The van der Waals surface area contributed by atoms with Crippen molar-refractivity contribution in [1.82, 2.24) is 0 Å². The van der Waals surface area contributed by atoms with Crippen LogP contribution < -0.4 is 0 Å². The number of aromatic hydroxyl groups is 1. The van der Waals surface area contributed by atoms with Crippen LogP contribution in [-0.2, 0) is 0 Å². The molecule has 0 unspecified atom stereocenters. The van der Waals surface area contributed by atoms with Crippen LogP contribution in [0.4, 0.5) is 0 Å². The maximum atomic E-state index is 10.3. The molecular weight excluding hydrogens is 206 g/mol. The van der Waals surface area contributed by atoms with Gasteiger partial charge in [0.05, 0.1) is 4.92 Å². The minimum Gasteiger partial charge on any atom is -0.507 e. The van der Waals surface area contributed by atoms with Gasteiger partial charge in [0.15, 0.2) is 0 Å². The average molecular weight is 215 g/mol. The first-order valence-corrected chi connectivity index (χ1v) is 4.71. The van der Waals surface area contributed by atoms with Crippen LogP contribution >= 0.6 is 0 Å². The van der Waals surface area contributed by atoms with Crippen LogP contribution in [0.15, 0.2) is 42.6 Å². The van der Waals surface area contributed by atoms with Gasteiger partial charge in [-0.25, -0.2) is 0 Å². The van der Waals surface area contributed by atoms with Crippen LogP contribution in [0.1, 0.15) is 5.56 Å². The van der Waals surface area contributed by atoms with E-state index in [0.29, 0.717) is 5.56 Å².